The highest BCUT2D eigenvalue weighted by atomic mass is 19.3. The van der Waals surface area contributed by atoms with Crippen molar-refractivity contribution in [3.05, 3.63) is 54.6 Å². The summed E-state index contributed by atoms with van der Waals surface area (Å²) in [4.78, 5) is 47.2. The largest absolute Gasteiger partial charge is 0.325 e. The van der Waals surface area contributed by atoms with Crippen LogP contribution in [-0.2, 0) is 4.79 Å². The van der Waals surface area contributed by atoms with Crippen molar-refractivity contribution in [1.82, 2.24) is 24.8 Å². The number of Topliss-reactive ketones (excluding diaryl/α,β-unsaturated/α-hetero) is 1. The second-order valence-corrected chi connectivity index (χ2v) is 8.21. The van der Waals surface area contributed by atoms with Crippen LogP contribution in [0.15, 0.2) is 49.1 Å². The topological polar surface area (TPSA) is 97.2 Å². The molecule has 10 heteroatoms. The van der Waals surface area contributed by atoms with E-state index < -0.39 is 48.6 Å². The van der Waals surface area contributed by atoms with Crippen molar-refractivity contribution in [3.8, 4) is 5.82 Å². The number of nitrogens with zero attached hydrogens (tertiary/aromatic N) is 4. The number of urea groups is 1. The van der Waals surface area contributed by atoms with Crippen LogP contribution >= 0.6 is 0 Å². The fraction of sp³-hybridized carbons (Fsp3) is 0.318. The van der Waals surface area contributed by atoms with Gasteiger partial charge in [-0.05, 0) is 37.1 Å². The lowest BCUT2D eigenvalue weighted by atomic mass is 9.80. The maximum atomic E-state index is 13.5. The van der Waals surface area contributed by atoms with Crippen LogP contribution in [0.5, 0.6) is 0 Å². The monoisotopic (exact) mass is 439 g/mol. The maximum absolute atomic E-state index is 13.5. The number of hydrogen-bond acceptors (Lipinski definition) is 5. The van der Waals surface area contributed by atoms with Gasteiger partial charge in [-0.25, -0.2) is 18.6 Å². The molecule has 0 unspecified atom stereocenters. The molecular weight excluding hydrogens is 420 g/mol. The van der Waals surface area contributed by atoms with Crippen LogP contribution in [0.4, 0.5) is 13.6 Å². The summed E-state index contributed by atoms with van der Waals surface area (Å²) >= 11 is 0. The van der Waals surface area contributed by atoms with Gasteiger partial charge in [-0.15, -0.1) is 0 Å². The van der Waals surface area contributed by atoms with Crippen molar-refractivity contribution < 1.29 is 23.2 Å². The number of halogens is 2. The molecule has 32 heavy (non-hydrogen) atoms. The van der Waals surface area contributed by atoms with E-state index in [9.17, 15) is 23.2 Å². The summed E-state index contributed by atoms with van der Waals surface area (Å²) < 4.78 is 28.9. The molecule has 2 aliphatic rings. The Morgan fingerprint density at radius 1 is 1.06 bits per heavy atom. The lowest BCUT2D eigenvalue weighted by Gasteiger charge is -2.34. The first kappa shape index (κ1) is 20.2. The minimum atomic E-state index is -2.84. The van der Waals surface area contributed by atoms with Crippen LogP contribution in [0, 0.1) is 0 Å². The lowest BCUT2D eigenvalue weighted by Crippen LogP contribution is -2.51. The molecule has 0 radical (unpaired) electrons. The van der Waals surface area contributed by atoms with Crippen LogP contribution in [0.1, 0.15) is 36.0 Å². The first-order valence-electron chi connectivity index (χ1n) is 10.2. The molecule has 4 heterocycles. The average molecular weight is 439 g/mol. The molecule has 3 aromatic rings. The van der Waals surface area contributed by atoms with Crippen LogP contribution in [-0.4, -0.2) is 55.2 Å². The number of pyridine rings is 2. The second kappa shape index (κ2) is 7.18. The molecule has 1 saturated heterocycles. The Morgan fingerprint density at radius 2 is 1.84 bits per heavy atom. The zero-order valence-electron chi connectivity index (χ0n) is 16.9. The number of imide groups is 1. The van der Waals surface area contributed by atoms with E-state index in [1.807, 2.05) is 22.9 Å². The smallest absolute Gasteiger partial charge is 0.323 e. The SMILES string of the molecule is O=C(CN1C(=O)NC2(CCC(F)(F)CC2)C1=O)c1ccc(-n2ccc3ccncc32)nc1. The van der Waals surface area contributed by atoms with Gasteiger partial charge in [0, 0.05) is 42.4 Å². The van der Waals surface area contributed by atoms with Gasteiger partial charge in [0.2, 0.25) is 5.92 Å². The molecule has 1 aliphatic heterocycles. The zero-order valence-corrected chi connectivity index (χ0v) is 16.9. The number of alkyl halides is 2. The third kappa shape index (κ3) is 3.31. The Labute approximate surface area is 181 Å². The van der Waals surface area contributed by atoms with Crippen molar-refractivity contribution in [2.24, 2.45) is 0 Å². The molecule has 164 valence electrons. The third-order valence-corrected chi connectivity index (χ3v) is 6.19. The normalized spacial score (nSPS) is 19.5. The Balaban J connectivity index is 1.31. The number of carbonyl (C=O) groups excluding carboxylic acids is 3. The Bertz CT molecular complexity index is 1230. The number of hydrogen-bond donors (Lipinski definition) is 1. The zero-order chi connectivity index (χ0) is 22.5. The van der Waals surface area contributed by atoms with Crippen LogP contribution < -0.4 is 5.32 Å². The van der Waals surface area contributed by atoms with Gasteiger partial charge in [-0.3, -0.25) is 24.0 Å². The number of amides is 3. The number of ketones is 1. The van der Waals surface area contributed by atoms with E-state index in [0.29, 0.717) is 5.82 Å². The predicted octanol–water partition coefficient (Wildman–Crippen LogP) is 3.10. The van der Waals surface area contributed by atoms with E-state index in [2.05, 4.69) is 15.3 Å². The molecular formula is C22H19F2N5O3. The highest BCUT2D eigenvalue weighted by molar-refractivity contribution is 6.11. The van der Waals surface area contributed by atoms with Crippen molar-refractivity contribution in [2.75, 3.05) is 6.54 Å². The van der Waals surface area contributed by atoms with E-state index in [4.69, 9.17) is 0 Å². The average Bonchev–Trinajstić information content (AvgIpc) is 3.31. The molecule has 0 bridgehead atoms. The Hall–Kier alpha value is -3.69. The summed E-state index contributed by atoms with van der Waals surface area (Å²) in [6.07, 6.45) is 5.39. The molecule has 3 amide bonds. The van der Waals surface area contributed by atoms with E-state index in [0.717, 1.165) is 15.8 Å². The number of nitrogens with one attached hydrogen (secondary N) is 1. The molecule has 2 fully saturated rings. The summed E-state index contributed by atoms with van der Waals surface area (Å²) in [5.74, 6) is -3.35. The van der Waals surface area contributed by atoms with Crippen LogP contribution in [0.2, 0.25) is 0 Å². The summed E-state index contributed by atoms with van der Waals surface area (Å²) in [5, 5.41) is 3.53. The summed E-state index contributed by atoms with van der Waals surface area (Å²) in [5.41, 5.74) is -0.244. The van der Waals surface area contributed by atoms with Gasteiger partial charge >= 0.3 is 6.03 Å². The first-order valence-corrected chi connectivity index (χ1v) is 10.2. The summed E-state index contributed by atoms with van der Waals surface area (Å²) in [7, 11) is 0. The highest BCUT2D eigenvalue weighted by Crippen LogP contribution is 2.41. The minimum Gasteiger partial charge on any atom is -0.323 e. The van der Waals surface area contributed by atoms with Crippen LogP contribution in [0.25, 0.3) is 16.7 Å². The van der Waals surface area contributed by atoms with Gasteiger partial charge in [0.25, 0.3) is 5.91 Å². The van der Waals surface area contributed by atoms with Gasteiger partial charge in [-0.1, -0.05) is 0 Å². The van der Waals surface area contributed by atoms with Crippen molar-refractivity contribution >= 4 is 28.6 Å². The van der Waals surface area contributed by atoms with Gasteiger partial charge < -0.3 is 5.32 Å². The van der Waals surface area contributed by atoms with Crippen LogP contribution in [0.3, 0.4) is 0 Å². The van der Waals surface area contributed by atoms with Gasteiger partial charge in [0.15, 0.2) is 5.78 Å². The molecule has 1 spiro atoms. The quantitative estimate of drug-likeness (QED) is 0.498. The van der Waals surface area contributed by atoms with Gasteiger partial charge in [-0.2, -0.15) is 0 Å². The second-order valence-electron chi connectivity index (χ2n) is 8.21. The fourth-order valence-electron chi connectivity index (χ4n) is 4.30. The standard InChI is InChI=1S/C22H19F2N5O3/c23-22(24)7-5-21(6-8-22)19(31)29(20(32)27-21)13-17(30)15-1-2-18(26-11-15)28-10-4-14-3-9-25-12-16(14)28/h1-4,9-12H,5-8,13H2,(H,27,32). The Kier molecular flexibility index (Phi) is 4.54. The molecule has 0 atom stereocenters. The molecule has 5 rings (SSSR count). The third-order valence-electron chi connectivity index (χ3n) is 6.19. The maximum Gasteiger partial charge on any atom is 0.325 e. The van der Waals surface area contributed by atoms with Gasteiger partial charge in [0.05, 0.1) is 18.3 Å². The first-order chi connectivity index (χ1) is 15.3. The number of carbonyl (C=O) groups is 3. The summed E-state index contributed by atoms with van der Waals surface area (Å²) in [6.45, 7) is -0.472. The van der Waals surface area contributed by atoms with E-state index in [1.165, 1.54) is 6.20 Å². The fourth-order valence-corrected chi connectivity index (χ4v) is 4.30. The lowest BCUT2D eigenvalue weighted by molar-refractivity contribution is -0.135. The number of aromatic nitrogens is 3. The number of fused-ring (bicyclic) bond motifs is 1. The molecule has 1 N–H and O–H groups in total. The predicted molar refractivity (Wildman–Crippen MR) is 110 cm³/mol. The number of rotatable bonds is 4. The highest BCUT2D eigenvalue weighted by Gasteiger charge is 2.55. The Morgan fingerprint density at radius 3 is 2.56 bits per heavy atom. The molecule has 1 saturated carbocycles. The van der Waals surface area contributed by atoms with E-state index in [-0.39, 0.29) is 18.4 Å². The molecule has 0 aromatic carbocycles. The summed E-state index contributed by atoms with van der Waals surface area (Å²) in [6, 6.07) is 6.30. The van der Waals surface area contributed by atoms with Crippen molar-refractivity contribution in [2.45, 2.75) is 37.1 Å². The van der Waals surface area contributed by atoms with Crippen molar-refractivity contribution in [3.63, 3.8) is 0 Å². The van der Waals surface area contributed by atoms with E-state index in [1.54, 1.807) is 24.5 Å². The minimum absolute atomic E-state index is 0.148. The molecule has 3 aromatic heterocycles. The van der Waals surface area contributed by atoms with E-state index >= 15 is 0 Å². The van der Waals surface area contributed by atoms with Gasteiger partial charge in [0.1, 0.15) is 11.4 Å². The molecule has 1 aliphatic carbocycles. The van der Waals surface area contributed by atoms with Crippen molar-refractivity contribution in [1.29, 1.82) is 0 Å². The molecule has 8 nitrogen and oxygen atoms in total.